The molecule has 0 atom stereocenters. The molecule has 1 heterocycles. The van der Waals surface area contributed by atoms with Gasteiger partial charge in [0.1, 0.15) is 11.6 Å². The molecule has 0 bridgehead atoms. The second-order valence-electron chi connectivity index (χ2n) is 7.01. The molecular formula is C22H25N5O3S. The number of ether oxygens (including phenoxy) is 1. The fraction of sp³-hybridized carbons (Fsp3) is 0.273. The lowest BCUT2D eigenvalue weighted by molar-refractivity contribution is -0.116. The first-order chi connectivity index (χ1) is 14.9. The first-order valence-corrected chi connectivity index (χ1v) is 10.7. The van der Waals surface area contributed by atoms with E-state index in [0.717, 1.165) is 22.6 Å². The minimum absolute atomic E-state index is 0.0741. The van der Waals surface area contributed by atoms with Crippen LogP contribution in [0, 0.1) is 13.8 Å². The Kier molecular flexibility index (Phi) is 7.30. The summed E-state index contributed by atoms with van der Waals surface area (Å²) in [5.74, 6) is 1.10. The van der Waals surface area contributed by atoms with Crippen molar-refractivity contribution in [3.63, 3.8) is 0 Å². The molecule has 0 radical (unpaired) electrons. The maximum Gasteiger partial charge on any atom is 0.234 e. The van der Waals surface area contributed by atoms with Crippen LogP contribution in [-0.4, -0.2) is 39.4 Å². The first-order valence-electron chi connectivity index (χ1n) is 9.68. The zero-order valence-corrected chi connectivity index (χ0v) is 18.7. The van der Waals surface area contributed by atoms with E-state index in [2.05, 4.69) is 20.8 Å². The van der Waals surface area contributed by atoms with E-state index in [9.17, 15) is 9.59 Å². The lowest BCUT2D eigenvalue weighted by Gasteiger charge is -2.11. The van der Waals surface area contributed by atoms with Crippen molar-refractivity contribution in [3.8, 4) is 5.75 Å². The van der Waals surface area contributed by atoms with Crippen LogP contribution in [0.5, 0.6) is 5.75 Å². The summed E-state index contributed by atoms with van der Waals surface area (Å²) in [5.41, 5.74) is 3.54. The zero-order valence-electron chi connectivity index (χ0n) is 17.9. The predicted molar refractivity (Wildman–Crippen MR) is 122 cm³/mol. The number of carbonyl (C=O) groups excluding carboxylic acids is 2. The molecule has 3 aromatic rings. The number of nitrogens with zero attached hydrogens (tertiary/aromatic N) is 3. The molecule has 2 amide bonds. The van der Waals surface area contributed by atoms with Crippen LogP contribution < -0.4 is 15.4 Å². The molecule has 0 aliphatic carbocycles. The Morgan fingerprint density at radius 1 is 1.00 bits per heavy atom. The minimum atomic E-state index is -0.204. The van der Waals surface area contributed by atoms with Crippen LogP contribution in [0.15, 0.2) is 47.6 Å². The van der Waals surface area contributed by atoms with Crippen LogP contribution in [0.3, 0.4) is 0 Å². The van der Waals surface area contributed by atoms with Crippen molar-refractivity contribution < 1.29 is 14.3 Å². The number of para-hydroxylation sites is 1. The molecule has 9 heteroatoms. The zero-order chi connectivity index (χ0) is 22.4. The third kappa shape index (κ3) is 5.85. The molecule has 1 aromatic heterocycles. The number of methoxy groups -OCH3 is 1. The van der Waals surface area contributed by atoms with Crippen LogP contribution in [-0.2, 0) is 23.1 Å². The average molecular weight is 440 g/mol. The van der Waals surface area contributed by atoms with Gasteiger partial charge in [0.15, 0.2) is 5.16 Å². The molecule has 3 rings (SSSR count). The van der Waals surface area contributed by atoms with Crippen molar-refractivity contribution in [1.82, 2.24) is 14.8 Å². The van der Waals surface area contributed by atoms with E-state index in [-0.39, 0.29) is 24.0 Å². The number of thioether (sulfide) groups is 1. The maximum atomic E-state index is 12.4. The summed E-state index contributed by atoms with van der Waals surface area (Å²) in [7, 11) is 3.37. The average Bonchev–Trinajstić information content (AvgIpc) is 3.09. The van der Waals surface area contributed by atoms with Gasteiger partial charge in [-0.15, -0.1) is 10.2 Å². The van der Waals surface area contributed by atoms with Crippen LogP contribution >= 0.6 is 11.8 Å². The van der Waals surface area contributed by atoms with E-state index < -0.39 is 0 Å². The van der Waals surface area contributed by atoms with Crippen molar-refractivity contribution in [2.24, 2.45) is 7.05 Å². The normalized spacial score (nSPS) is 10.6. The Bertz CT molecular complexity index is 1060. The topological polar surface area (TPSA) is 98.1 Å². The minimum Gasteiger partial charge on any atom is -0.497 e. The van der Waals surface area contributed by atoms with Gasteiger partial charge in [0.25, 0.3) is 0 Å². The Morgan fingerprint density at radius 3 is 2.32 bits per heavy atom. The van der Waals surface area contributed by atoms with E-state index in [1.165, 1.54) is 11.8 Å². The number of hydrogen-bond donors (Lipinski definition) is 2. The summed E-state index contributed by atoms with van der Waals surface area (Å²) in [6.07, 6.45) is 0.0741. The van der Waals surface area contributed by atoms with Gasteiger partial charge in [-0.25, -0.2) is 0 Å². The summed E-state index contributed by atoms with van der Waals surface area (Å²) >= 11 is 1.27. The Hall–Kier alpha value is -3.33. The largest absolute Gasteiger partial charge is 0.497 e. The van der Waals surface area contributed by atoms with Crippen molar-refractivity contribution in [2.45, 2.75) is 25.4 Å². The molecule has 0 aliphatic rings. The lowest BCUT2D eigenvalue weighted by Crippen LogP contribution is -2.17. The standard InChI is InChI=1S/C22H25N5O3S/c1-14-6-5-7-15(2)21(14)24-20(29)13-31-22-26-25-18(27(22)3)12-19(28)23-16-8-10-17(30-4)11-9-16/h5-11H,12-13H2,1-4H3,(H,23,28)(H,24,29). The summed E-state index contributed by atoms with van der Waals surface area (Å²) in [5, 5.41) is 14.6. The van der Waals surface area contributed by atoms with Gasteiger partial charge < -0.3 is 19.9 Å². The summed E-state index contributed by atoms with van der Waals surface area (Å²) < 4.78 is 6.83. The molecule has 0 saturated heterocycles. The highest BCUT2D eigenvalue weighted by molar-refractivity contribution is 7.99. The highest BCUT2D eigenvalue weighted by atomic mass is 32.2. The molecule has 0 unspecified atom stereocenters. The molecule has 162 valence electrons. The number of hydrogen-bond acceptors (Lipinski definition) is 6. The number of benzene rings is 2. The van der Waals surface area contributed by atoms with Crippen LogP contribution in [0.25, 0.3) is 0 Å². The van der Waals surface area contributed by atoms with Gasteiger partial charge in [0, 0.05) is 18.4 Å². The Labute approximate surface area is 185 Å². The number of aryl methyl sites for hydroxylation is 2. The highest BCUT2D eigenvalue weighted by Gasteiger charge is 2.15. The number of aromatic nitrogens is 3. The van der Waals surface area contributed by atoms with Crippen molar-refractivity contribution in [3.05, 3.63) is 59.4 Å². The number of anilines is 2. The van der Waals surface area contributed by atoms with Crippen LogP contribution in [0.1, 0.15) is 17.0 Å². The second-order valence-corrected chi connectivity index (χ2v) is 7.96. The fourth-order valence-electron chi connectivity index (χ4n) is 2.97. The van der Waals surface area contributed by atoms with E-state index in [1.807, 2.05) is 32.0 Å². The van der Waals surface area contributed by atoms with E-state index in [0.29, 0.717) is 16.7 Å². The van der Waals surface area contributed by atoms with Gasteiger partial charge in [-0.3, -0.25) is 9.59 Å². The van der Waals surface area contributed by atoms with E-state index >= 15 is 0 Å². The van der Waals surface area contributed by atoms with Crippen molar-refractivity contribution in [2.75, 3.05) is 23.5 Å². The SMILES string of the molecule is COc1ccc(NC(=O)Cc2nnc(SCC(=O)Nc3c(C)cccc3C)n2C)cc1. The molecule has 2 aromatic carbocycles. The molecule has 0 spiro atoms. The molecule has 2 N–H and O–H groups in total. The van der Waals surface area contributed by atoms with Crippen LogP contribution in [0.4, 0.5) is 11.4 Å². The lowest BCUT2D eigenvalue weighted by atomic mass is 10.1. The fourth-order valence-corrected chi connectivity index (χ4v) is 3.70. The molecular weight excluding hydrogens is 414 g/mol. The molecule has 0 saturated carbocycles. The Balaban J connectivity index is 1.54. The van der Waals surface area contributed by atoms with E-state index in [4.69, 9.17) is 4.74 Å². The molecule has 0 fully saturated rings. The van der Waals surface area contributed by atoms with Gasteiger partial charge in [-0.05, 0) is 49.2 Å². The van der Waals surface area contributed by atoms with Gasteiger partial charge in [0.2, 0.25) is 11.8 Å². The maximum absolute atomic E-state index is 12.4. The molecule has 0 aliphatic heterocycles. The Morgan fingerprint density at radius 2 is 1.68 bits per heavy atom. The number of carbonyl (C=O) groups is 2. The van der Waals surface area contributed by atoms with Gasteiger partial charge in [-0.1, -0.05) is 30.0 Å². The molecule has 8 nitrogen and oxygen atoms in total. The third-order valence-electron chi connectivity index (χ3n) is 4.70. The van der Waals surface area contributed by atoms with Gasteiger partial charge in [-0.2, -0.15) is 0 Å². The number of rotatable bonds is 8. The monoisotopic (exact) mass is 439 g/mol. The van der Waals surface area contributed by atoms with Gasteiger partial charge >= 0.3 is 0 Å². The first kappa shape index (κ1) is 22.4. The second kappa shape index (κ2) is 10.1. The third-order valence-corrected chi connectivity index (χ3v) is 5.72. The quantitative estimate of drug-likeness (QED) is 0.523. The summed E-state index contributed by atoms with van der Waals surface area (Å²) in [4.78, 5) is 24.7. The number of amides is 2. The highest BCUT2D eigenvalue weighted by Crippen LogP contribution is 2.21. The smallest absolute Gasteiger partial charge is 0.234 e. The van der Waals surface area contributed by atoms with Crippen molar-refractivity contribution >= 4 is 35.0 Å². The summed E-state index contributed by atoms with van der Waals surface area (Å²) in [6, 6.07) is 13.0. The van der Waals surface area contributed by atoms with Crippen molar-refractivity contribution in [1.29, 1.82) is 0 Å². The van der Waals surface area contributed by atoms with E-state index in [1.54, 1.807) is 43.0 Å². The van der Waals surface area contributed by atoms with Gasteiger partial charge in [0.05, 0.1) is 19.3 Å². The number of nitrogens with one attached hydrogen (secondary N) is 2. The predicted octanol–water partition coefficient (Wildman–Crippen LogP) is 3.35. The molecule has 31 heavy (non-hydrogen) atoms. The van der Waals surface area contributed by atoms with Crippen LogP contribution in [0.2, 0.25) is 0 Å². The summed E-state index contributed by atoms with van der Waals surface area (Å²) in [6.45, 7) is 3.92.